The van der Waals surface area contributed by atoms with Gasteiger partial charge in [0.1, 0.15) is 5.15 Å². The van der Waals surface area contributed by atoms with E-state index in [9.17, 15) is 9.59 Å². The lowest BCUT2D eigenvalue weighted by Gasteiger charge is -2.20. The molecule has 1 heterocycles. The van der Waals surface area contributed by atoms with E-state index in [2.05, 4.69) is 9.72 Å². The van der Waals surface area contributed by atoms with Crippen LogP contribution in [0.4, 0.5) is 0 Å². The Bertz CT molecular complexity index is 457. The average Bonchev–Trinajstić information content (AvgIpc) is 2.37. The summed E-state index contributed by atoms with van der Waals surface area (Å²) in [5.74, 6) is -0.506. The Labute approximate surface area is 117 Å². The van der Waals surface area contributed by atoms with Crippen LogP contribution in [0.1, 0.15) is 29.4 Å². The van der Waals surface area contributed by atoms with Gasteiger partial charge in [-0.3, -0.25) is 9.59 Å². The van der Waals surface area contributed by atoms with E-state index < -0.39 is 0 Å². The zero-order chi connectivity index (χ0) is 14.4. The number of methoxy groups -OCH3 is 1. The van der Waals surface area contributed by atoms with E-state index in [-0.39, 0.29) is 23.5 Å². The summed E-state index contributed by atoms with van der Waals surface area (Å²) in [6, 6.07) is 3.20. The van der Waals surface area contributed by atoms with E-state index in [1.165, 1.54) is 13.2 Å². The maximum Gasteiger partial charge on any atom is 0.307 e. The lowest BCUT2D eigenvalue weighted by atomic mass is 10.2. The Morgan fingerprint density at radius 2 is 2.11 bits per heavy atom. The quantitative estimate of drug-likeness (QED) is 0.613. The number of carbonyl (C=O) groups is 2. The lowest BCUT2D eigenvalue weighted by Crippen LogP contribution is -2.33. The minimum absolute atomic E-state index is 0.168. The molecular formula is C13H17ClN2O3. The van der Waals surface area contributed by atoms with Crippen LogP contribution in [0, 0.1) is 6.92 Å². The molecule has 1 amide bonds. The highest BCUT2D eigenvalue weighted by Gasteiger charge is 2.16. The molecule has 0 saturated heterocycles. The second kappa shape index (κ2) is 7.09. The fraction of sp³-hybridized carbons (Fsp3) is 0.462. The summed E-state index contributed by atoms with van der Waals surface area (Å²) >= 11 is 5.84. The smallest absolute Gasteiger partial charge is 0.307 e. The van der Waals surface area contributed by atoms with Gasteiger partial charge in [-0.15, -0.1) is 0 Å². The molecule has 0 aliphatic carbocycles. The molecule has 0 atom stereocenters. The first kappa shape index (κ1) is 15.4. The third kappa shape index (κ3) is 4.52. The number of pyridine rings is 1. The van der Waals surface area contributed by atoms with Crippen LogP contribution in [0.3, 0.4) is 0 Å². The molecular weight excluding hydrogens is 268 g/mol. The molecule has 5 nitrogen and oxygen atoms in total. The van der Waals surface area contributed by atoms with Crippen molar-refractivity contribution >= 4 is 23.5 Å². The van der Waals surface area contributed by atoms with Crippen LogP contribution in [0.5, 0.6) is 0 Å². The van der Waals surface area contributed by atoms with Crippen molar-refractivity contribution in [2.45, 2.75) is 20.3 Å². The molecule has 0 aromatic carbocycles. The number of hydrogen-bond acceptors (Lipinski definition) is 4. The van der Waals surface area contributed by atoms with Crippen LogP contribution in [0.25, 0.3) is 0 Å². The highest BCUT2D eigenvalue weighted by molar-refractivity contribution is 6.29. The fourth-order valence-corrected chi connectivity index (χ4v) is 1.92. The summed E-state index contributed by atoms with van der Waals surface area (Å²) in [5, 5.41) is 0.285. The SMILES string of the molecule is CCN(CCC(=O)OC)C(=O)c1cc(C)nc(Cl)c1. The van der Waals surface area contributed by atoms with Crippen molar-refractivity contribution in [1.29, 1.82) is 0 Å². The molecule has 0 N–H and O–H groups in total. The zero-order valence-corrected chi connectivity index (χ0v) is 12.0. The van der Waals surface area contributed by atoms with Gasteiger partial charge in [-0.05, 0) is 26.0 Å². The summed E-state index contributed by atoms with van der Waals surface area (Å²) in [6.45, 7) is 4.45. The summed E-state index contributed by atoms with van der Waals surface area (Å²) < 4.78 is 4.56. The largest absolute Gasteiger partial charge is 0.469 e. The van der Waals surface area contributed by atoms with Gasteiger partial charge in [0, 0.05) is 24.3 Å². The van der Waals surface area contributed by atoms with E-state index in [1.807, 2.05) is 6.92 Å². The molecule has 6 heteroatoms. The van der Waals surface area contributed by atoms with Crippen molar-refractivity contribution in [2.75, 3.05) is 20.2 Å². The molecule has 0 bridgehead atoms. The summed E-state index contributed by atoms with van der Waals surface area (Å²) in [5.41, 5.74) is 1.16. The zero-order valence-electron chi connectivity index (χ0n) is 11.3. The third-order valence-electron chi connectivity index (χ3n) is 2.65. The van der Waals surface area contributed by atoms with Crippen LogP contribution in [-0.4, -0.2) is 42.0 Å². The van der Waals surface area contributed by atoms with Crippen molar-refractivity contribution in [3.63, 3.8) is 0 Å². The number of amides is 1. The summed E-state index contributed by atoms with van der Waals surface area (Å²) in [4.78, 5) is 29.0. The van der Waals surface area contributed by atoms with Gasteiger partial charge < -0.3 is 9.64 Å². The number of aryl methyl sites for hydroxylation is 1. The molecule has 0 saturated carbocycles. The minimum atomic E-state index is -0.338. The first-order valence-corrected chi connectivity index (χ1v) is 6.36. The number of esters is 1. The lowest BCUT2D eigenvalue weighted by molar-refractivity contribution is -0.140. The second-order valence-electron chi connectivity index (χ2n) is 4.03. The molecule has 19 heavy (non-hydrogen) atoms. The Morgan fingerprint density at radius 3 is 2.63 bits per heavy atom. The van der Waals surface area contributed by atoms with Crippen molar-refractivity contribution in [2.24, 2.45) is 0 Å². The van der Waals surface area contributed by atoms with Gasteiger partial charge in [0.15, 0.2) is 0 Å². The van der Waals surface area contributed by atoms with E-state index >= 15 is 0 Å². The fourth-order valence-electron chi connectivity index (χ4n) is 1.67. The highest BCUT2D eigenvalue weighted by Crippen LogP contribution is 2.13. The number of nitrogens with zero attached hydrogens (tertiary/aromatic N) is 2. The maximum absolute atomic E-state index is 12.3. The average molecular weight is 285 g/mol. The predicted octanol–water partition coefficient (Wildman–Crippen LogP) is 2.07. The van der Waals surface area contributed by atoms with E-state index in [0.717, 1.165) is 0 Å². The molecule has 0 radical (unpaired) electrons. The molecule has 1 aromatic heterocycles. The van der Waals surface area contributed by atoms with Gasteiger partial charge in [0.25, 0.3) is 5.91 Å². The molecule has 0 spiro atoms. The number of hydrogen-bond donors (Lipinski definition) is 0. The van der Waals surface area contributed by atoms with Gasteiger partial charge in [-0.25, -0.2) is 4.98 Å². The third-order valence-corrected chi connectivity index (χ3v) is 2.85. The normalized spacial score (nSPS) is 10.1. The van der Waals surface area contributed by atoms with Crippen LogP contribution in [-0.2, 0) is 9.53 Å². The number of carbonyl (C=O) groups excluding carboxylic acids is 2. The van der Waals surface area contributed by atoms with E-state index in [4.69, 9.17) is 11.6 Å². The Balaban J connectivity index is 2.80. The van der Waals surface area contributed by atoms with Gasteiger partial charge in [-0.2, -0.15) is 0 Å². The topological polar surface area (TPSA) is 59.5 Å². The van der Waals surface area contributed by atoms with Crippen LogP contribution < -0.4 is 0 Å². The van der Waals surface area contributed by atoms with Crippen molar-refractivity contribution < 1.29 is 14.3 Å². The molecule has 0 fully saturated rings. The van der Waals surface area contributed by atoms with Crippen molar-refractivity contribution in [3.05, 3.63) is 28.5 Å². The molecule has 0 aliphatic rings. The number of rotatable bonds is 5. The Morgan fingerprint density at radius 1 is 1.42 bits per heavy atom. The number of aromatic nitrogens is 1. The highest BCUT2D eigenvalue weighted by atomic mass is 35.5. The Hall–Kier alpha value is -1.62. The molecule has 0 unspecified atom stereocenters. The number of halogens is 1. The van der Waals surface area contributed by atoms with Gasteiger partial charge >= 0.3 is 5.97 Å². The molecule has 0 aliphatic heterocycles. The first-order chi connectivity index (χ1) is 8.97. The van der Waals surface area contributed by atoms with Crippen molar-refractivity contribution in [1.82, 2.24) is 9.88 Å². The van der Waals surface area contributed by atoms with Gasteiger partial charge in [0.2, 0.25) is 0 Å². The monoisotopic (exact) mass is 284 g/mol. The van der Waals surface area contributed by atoms with Crippen LogP contribution >= 0.6 is 11.6 Å². The summed E-state index contributed by atoms with van der Waals surface area (Å²) in [7, 11) is 1.33. The summed E-state index contributed by atoms with van der Waals surface area (Å²) in [6.07, 6.45) is 0.174. The standard InChI is InChI=1S/C13H17ClN2O3/c1-4-16(6-5-12(17)19-3)13(18)10-7-9(2)15-11(14)8-10/h7-8H,4-6H2,1-3H3. The second-order valence-corrected chi connectivity index (χ2v) is 4.42. The van der Waals surface area contributed by atoms with E-state index in [1.54, 1.807) is 17.9 Å². The minimum Gasteiger partial charge on any atom is -0.469 e. The first-order valence-electron chi connectivity index (χ1n) is 5.98. The van der Waals surface area contributed by atoms with Crippen molar-refractivity contribution in [3.8, 4) is 0 Å². The molecule has 1 aromatic rings. The predicted molar refractivity (Wildman–Crippen MR) is 72.2 cm³/mol. The van der Waals surface area contributed by atoms with Crippen LogP contribution in [0.2, 0.25) is 5.15 Å². The van der Waals surface area contributed by atoms with Gasteiger partial charge in [-0.1, -0.05) is 11.6 Å². The van der Waals surface area contributed by atoms with Crippen LogP contribution in [0.15, 0.2) is 12.1 Å². The molecule has 1 rings (SSSR count). The number of ether oxygens (including phenoxy) is 1. The van der Waals surface area contributed by atoms with Gasteiger partial charge in [0.05, 0.1) is 13.5 Å². The maximum atomic E-state index is 12.3. The molecule has 104 valence electrons. The van der Waals surface area contributed by atoms with E-state index in [0.29, 0.717) is 24.3 Å². The Kier molecular flexibility index (Phi) is 5.76.